The Kier molecular flexibility index (Phi) is 2.64. The van der Waals surface area contributed by atoms with Gasteiger partial charge in [0, 0.05) is 5.54 Å². The van der Waals surface area contributed by atoms with E-state index in [9.17, 15) is 5.11 Å². The van der Waals surface area contributed by atoms with Crippen molar-refractivity contribution in [1.82, 2.24) is 0 Å². The van der Waals surface area contributed by atoms with Crippen LogP contribution < -0.4 is 5.73 Å². The molecule has 0 aromatic heterocycles. The van der Waals surface area contributed by atoms with Crippen molar-refractivity contribution < 1.29 is 5.11 Å². The maximum Gasteiger partial charge on any atom is 0.0888 e. The third-order valence-electron chi connectivity index (χ3n) is 3.19. The van der Waals surface area contributed by atoms with E-state index in [4.69, 9.17) is 5.73 Å². The second-order valence-corrected chi connectivity index (χ2v) is 5.29. The first kappa shape index (κ1) is 11.4. The van der Waals surface area contributed by atoms with E-state index in [1.165, 1.54) is 0 Å². The summed E-state index contributed by atoms with van der Waals surface area (Å²) in [6.45, 7) is 3.83. The molecule has 2 heteroatoms. The molecule has 0 saturated carbocycles. The molecule has 16 heavy (non-hydrogen) atoms. The number of rotatable bonds is 1. The predicted molar refractivity (Wildman–Crippen MR) is 66.9 cm³/mol. The van der Waals surface area contributed by atoms with Crippen molar-refractivity contribution >= 4 is 5.57 Å². The molecule has 3 N–H and O–H groups in total. The summed E-state index contributed by atoms with van der Waals surface area (Å²) in [5.74, 6) is 0. The van der Waals surface area contributed by atoms with Gasteiger partial charge in [0.15, 0.2) is 0 Å². The summed E-state index contributed by atoms with van der Waals surface area (Å²) < 4.78 is 0. The molecule has 0 aliphatic heterocycles. The smallest absolute Gasteiger partial charge is 0.0888 e. The molecule has 0 fully saturated rings. The van der Waals surface area contributed by atoms with Crippen LogP contribution in [0.15, 0.2) is 36.4 Å². The molecule has 0 heterocycles. The van der Waals surface area contributed by atoms with Gasteiger partial charge in [-0.15, -0.1) is 0 Å². The lowest BCUT2D eigenvalue weighted by molar-refractivity contribution is 0.0809. The molecule has 0 radical (unpaired) electrons. The fourth-order valence-electron chi connectivity index (χ4n) is 2.56. The summed E-state index contributed by atoms with van der Waals surface area (Å²) in [5.41, 5.74) is 7.04. The lowest BCUT2D eigenvalue weighted by Gasteiger charge is -2.39. The van der Waals surface area contributed by atoms with Crippen molar-refractivity contribution in [2.24, 2.45) is 5.73 Å². The second-order valence-electron chi connectivity index (χ2n) is 5.29. The Morgan fingerprint density at radius 1 is 1.19 bits per heavy atom. The van der Waals surface area contributed by atoms with E-state index in [-0.39, 0.29) is 5.54 Å². The third kappa shape index (κ3) is 2.18. The molecular weight excluding hydrogens is 198 g/mol. The summed E-state index contributed by atoms with van der Waals surface area (Å²) in [4.78, 5) is 0. The van der Waals surface area contributed by atoms with Crippen LogP contribution in [0.5, 0.6) is 0 Å². The Labute approximate surface area is 96.8 Å². The highest BCUT2D eigenvalue weighted by atomic mass is 16.3. The number of aliphatic hydroxyl groups is 1. The Morgan fingerprint density at radius 2 is 1.81 bits per heavy atom. The van der Waals surface area contributed by atoms with E-state index in [1.807, 2.05) is 44.2 Å². The minimum Gasteiger partial charge on any atom is -0.385 e. The molecule has 0 unspecified atom stereocenters. The highest BCUT2D eigenvalue weighted by Crippen LogP contribution is 2.38. The molecule has 0 spiro atoms. The van der Waals surface area contributed by atoms with Gasteiger partial charge in [-0.1, -0.05) is 36.4 Å². The van der Waals surface area contributed by atoms with E-state index in [0.717, 1.165) is 17.6 Å². The molecule has 2 atom stereocenters. The fourth-order valence-corrected chi connectivity index (χ4v) is 2.56. The summed E-state index contributed by atoms with van der Waals surface area (Å²) in [6.07, 6.45) is 3.48. The zero-order valence-corrected chi connectivity index (χ0v) is 9.90. The van der Waals surface area contributed by atoms with Crippen LogP contribution in [0.3, 0.4) is 0 Å². The van der Waals surface area contributed by atoms with E-state index >= 15 is 0 Å². The van der Waals surface area contributed by atoms with Crippen molar-refractivity contribution in [3.05, 3.63) is 42.0 Å². The minimum atomic E-state index is -0.830. The molecule has 1 aliphatic rings. The Hall–Kier alpha value is -1.12. The van der Waals surface area contributed by atoms with Crippen molar-refractivity contribution in [2.45, 2.75) is 37.8 Å². The average Bonchev–Trinajstić information content (AvgIpc) is 2.16. The second kappa shape index (κ2) is 3.72. The molecule has 1 aromatic carbocycles. The normalized spacial score (nSPS) is 34.6. The van der Waals surface area contributed by atoms with Crippen LogP contribution in [0.2, 0.25) is 0 Å². The van der Waals surface area contributed by atoms with Gasteiger partial charge in [0.1, 0.15) is 0 Å². The maximum absolute atomic E-state index is 10.5. The lowest BCUT2D eigenvalue weighted by Crippen LogP contribution is -2.47. The highest BCUT2D eigenvalue weighted by Gasteiger charge is 2.37. The lowest BCUT2D eigenvalue weighted by atomic mass is 9.73. The van der Waals surface area contributed by atoms with Crippen molar-refractivity contribution in [3.63, 3.8) is 0 Å². The maximum atomic E-state index is 10.5. The van der Waals surface area contributed by atoms with E-state index in [0.29, 0.717) is 6.42 Å². The number of benzene rings is 1. The first-order valence-corrected chi connectivity index (χ1v) is 5.68. The zero-order chi connectivity index (χ0) is 11.8. The molecule has 1 aliphatic carbocycles. The van der Waals surface area contributed by atoms with Gasteiger partial charge in [0.05, 0.1) is 5.60 Å². The SMILES string of the molecule is C[C@@]1(N)CC=C(c2ccccc2)[C@](C)(O)C1. The van der Waals surface area contributed by atoms with Crippen molar-refractivity contribution in [2.75, 3.05) is 0 Å². The Bertz CT molecular complexity index is 404. The van der Waals surface area contributed by atoms with Crippen molar-refractivity contribution in [1.29, 1.82) is 0 Å². The minimum absolute atomic E-state index is 0.304. The monoisotopic (exact) mass is 217 g/mol. The summed E-state index contributed by atoms with van der Waals surface area (Å²) in [7, 11) is 0. The van der Waals surface area contributed by atoms with Gasteiger partial charge in [-0.3, -0.25) is 0 Å². The first-order valence-electron chi connectivity index (χ1n) is 5.68. The van der Waals surface area contributed by atoms with Crippen molar-refractivity contribution in [3.8, 4) is 0 Å². The van der Waals surface area contributed by atoms with Gasteiger partial charge in [0.25, 0.3) is 0 Å². The van der Waals surface area contributed by atoms with Crippen LogP contribution in [0.1, 0.15) is 32.3 Å². The molecule has 0 amide bonds. The Balaban J connectivity index is 2.39. The summed E-state index contributed by atoms with van der Waals surface area (Å²) >= 11 is 0. The van der Waals surface area contributed by atoms with Crippen LogP contribution in [-0.2, 0) is 0 Å². The highest BCUT2D eigenvalue weighted by molar-refractivity contribution is 5.72. The molecule has 2 rings (SSSR count). The molecule has 0 bridgehead atoms. The number of nitrogens with two attached hydrogens (primary N) is 1. The Morgan fingerprint density at radius 3 is 2.38 bits per heavy atom. The van der Waals surface area contributed by atoms with Crippen LogP contribution >= 0.6 is 0 Å². The van der Waals surface area contributed by atoms with Crippen LogP contribution in [0.25, 0.3) is 5.57 Å². The van der Waals surface area contributed by atoms with Crippen LogP contribution in [0.4, 0.5) is 0 Å². The quantitative estimate of drug-likeness (QED) is 0.758. The van der Waals surface area contributed by atoms with E-state index in [1.54, 1.807) is 0 Å². The van der Waals surface area contributed by atoms with Gasteiger partial charge in [-0.25, -0.2) is 0 Å². The molecule has 2 nitrogen and oxygen atoms in total. The zero-order valence-electron chi connectivity index (χ0n) is 9.90. The van der Waals surface area contributed by atoms with Crippen LogP contribution in [-0.4, -0.2) is 16.2 Å². The van der Waals surface area contributed by atoms with E-state index in [2.05, 4.69) is 6.08 Å². The summed E-state index contributed by atoms with van der Waals surface area (Å²) in [5, 5.41) is 10.5. The molecule has 86 valence electrons. The summed E-state index contributed by atoms with van der Waals surface area (Å²) in [6, 6.07) is 10.0. The van der Waals surface area contributed by atoms with E-state index < -0.39 is 5.60 Å². The standard InChI is InChI=1S/C14H19NO/c1-13(15)9-8-12(14(2,16)10-13)11-6-4-3-5-7-11/h3-8,16H,9-10,15H2,1-2H3/t13-,14-/m1/s1. The number of hydrogen-bond acceptors (Lipinski definition) is 2. The van der Waals surface area contributed by atoms with Gasteiger partial charge in [-0.05, 0) is 37.8 Å². The van der Waals surface area contributed by atoms with Gasteiger partial charge < -0.3 is 10.8 Å². The van der Waals surface area contributed by atoms with Gasteiger partial charge >= 0.3 is 0 Å². The predicted octanol–water partition coefficient (Wildman–Crippen LogP) is 2.33. The van der Waals surface area contributed by atoms with Crippen LogP contribution in [0, 0.1) is 0 Å². The molecule has 0 saturated heterocycles. The number of hydrogen-bond donors (Lipinski definition) is 2. The molecule has 1 aromatic rings. The largest absolute Gasteiger partial charge is 0.385 e. The topological polar surface area (TPSA) is 46.2 Å². The fraction of sp³-hybridized carbons (Fsp3) is 0.429. The first-order chi connectivity index (χ1) is 7.41. The average molecular weight is 217 g/mol. The van der Waals surface area contributed by atoms with Gasteiger partial charge in [0.2, 0.25) is 0 Å². The van der Waals surface area contributed by atoms with Gasteiger partial charge in [-0.2, -0.15) is 0 Å². The molecular formula is C14H19NO. The third-order valence-corrected chi connectivity index (χ3v) is 3.19.